The molecule has 5 nitrogen and oxygen atoms in total. The van der Waals surface area contributed by atoms with Gasteiger partial charge in [0.1, 0.15) is 11.9 Å². The summed E-state index contributed by atoms with van der Waals surface area (Å²) in [5.74, 6) is 0.903. The number of carbonyl (C=O) groups excluding carboxylic acids is 1. The lowest BCUT2D eigenvalue weighted by molar-refractivity contribution is 0.0805. The zero-order valence-corrected chi connectivity index (χ0v) is 10.6. The minimum absolute atomic E-state index is 0.0217. The summed E-state index contributed by atoms with van der Waals surface area (Å²) in [5, 5.41) is 3.40. The standard InChI is InChI=1S/C13H19N3O2/c1-9-2-7-12(15-8-9)16-10-3-5-11(6-4-10)18-13(14)17/h2,7-8,10-11H,3-6H2,1H3,(H2,14,17)(H,15,16). The third kappa shape index (κ3) is 3.61. The van der Waals surface area contributed by atoms with Gasteiger partial charge in [0.05, 0.1) is 0 Å². The van der Waals surface area contributed by atoms with E-state index in [1.165, 1.54) is 0 Å². The molecule has 1 fully saturated rings. The number of hydrogen-bond acceptors (Lipinski definition) is 4. The number of carbonyl (C=O) groups is 1. The zero-order valence-electron chi connectivity index (χ0n) is 10.6. The molecule has 5 heteroatoms. The van der Waals surface area contributed by atoms with Gasteiger partial charge in [0.15, 0.2) is 0 Å². The molecule has 0 spiro atoms. The number of nitrogens with two attached hydrogens (primary N) is 1. The minimum Gasteiger partial charge on any atom is -0.446 e. The van der Waals surface area contributed by atoms with Crippen LogP contribution in [0.4, 0.5) is 10.6 Å². The lowest BCUT2D eigenvalue weighted by atomic mass is 9.93. The maximum Gasteiger partial charge on any atom is 0.404 e. The molecule has 2 rings (SSSR count). The average Bonchev–Trinajstić information content (AvgIpc) is 2.34. The summed E-state index contributed by atoms with van der Waals surface area (Å²) in [6.45, 7) is 2.02. The van der Waals surface area contributed by atoms with Gasteiger partial charge >= 0.3 is 6.09 Å². The van der Waals surface area contributed by atoms with E-state index in [9.17, 15) is 4.79 Å². The number of pyridine rings is 1. The highest BCUT2D eigenvalue weighted by molar-refractivity contribution is 5.64. The number of nitrogens with one attached hydrogen (secondary N) is 1. The fourth-order valence-corrected chi connectivity index (χ4v) is 2.25. The largest absolute Gasteiger partial charge is 0.446 e. The van der Waals surface area contributed by atoms with E-state index in [1.807, 2.05) is 25.3 Å². The van der Waals surface area contributed by atoms with Crippen molar-refractivity contribution in [2.45, 2.75) is 44.8 Å². The van der Waals surface area contributed by atoms with Gasteiger partial charge < -0.3 is 15.8 Å². The van der Waals surface area contributed by atoms with Crippen molar-refractivity contribution in [3.63, 3.8) is 0 Å². The molecule has 0 atom stereocenters. The highest BCUT2D eigenvalue weighted by Gasteiger charge is 2.23. The lowest BCUT2D eigenvalue weighted by Gasteiger charge is -2.28. The maximum atomic E-state index is 10.6. The van der Waals surface area contributed by atoms with Crippen LogP contribution in [0.3, 0.4) is 0 Å². The normalized spacial score (nSPS) is 23.4. The van der Waals surface area contributed by atoms with Crippen LogP contribution in [0.2, 0.25) is 0 Å². The van der Waals surface area contributed by atoms with Crippen molar-refractivity contribution in [1.82, 2.24) is 4.98 Å². The van der Waals surface area contributed by atoms with Gasteiger partial charge in [-0.1, -0.05) is 6.07 Å². The second-order valence-corrected chi connectivity index (χ2v) is 4.78. The highest BCUT2D eigenvalue weighted by atomic mass is 16.6. The van der Waals surface area contributed by atoms with E-state index in [1.54, 1.807) is 0 Å². The Hall–Kier alpha value is -1.78. The molecular formula is C13H19N3O2. The van der Waals surface area contributed by atoms with E-state index in [0.29, 0.717) is 6.04 Å². The SMILES string of the molecule is Cc1ccc(NC2CCC(OC(N)=O)CC2)nc1. The Morgan fingerprint density at radius 1 is 1.39 bits per heavy atom. The Morgan fingerprint density at radius 2 is 2.11 bits per heavy atom. The molecule has 0 saturated heterocycles. The quantitative estimate of drug-likeness (QED) is 0.861. The number of aromatic nitrogens is 1. The Kier molecular flexibility index (Phi) is 4.02. The Morgan fingerprint density at radius 3 is 2.67 bits per heavy atom. The molecule has 1 aliphatic rings. The summed E-state index contributed by atoms with van der Waals surface area (Å²) in [7, 11) is 0. The first-order chi connectivity index (χ1) is 8.63. The van der Waals surface area contributed by atoms with Crippen LogP contribution >= 0.6 is 0 Å². The molecule has 3 N–H and O–H groups in total. The van der Waals surface area contributed by atoms with Crippen LogP contribution in [0.15, 0.2) is 18.3 Å². The van der Waals surface area contributed by atoms with Crippen LogP contribution < -0.4 is 11.1 Å². The van der Waals surface area contributed by atoms with Crippen molar-refractivity contribution in [2.75, 3.05) is 5.32 Å². The summed E-state index contributed by atoms with van der Waals surface area (Å²) in [6.07, 6.45) is 4.79. The summed E-state index contributed by atoms with van der Waals surface area (Å²) in [4.78, 5) is 15.0. The van der Waals surface area contributed by atoms with Crippen molar-refractivity contribution >= 4 is 11.9 Å². The first kappa shape index (κ1) is 12.7. The third-order valence-electron chi connectivity index (χ3n) is 3.22. The molecule has 0 aliphatic heterocycles. The topological polar surface area (TPSA) is 77.2 Å². The number of ether oxygens (including phenoxy) is 1. The Labute approximate surface area is 107 Å². The summed E-state index contributed by atoms with van der Waals surface area (Å²) in [6, 6.07) is 4.42. The monoisotopic (exact) mass is 249 g/mol. The first-order valence-electron chi connectivity index (χ1n) is 6.29. The molecule has 1 saturated carbocycles. The number of hydrogen-bond donors (Lipinski definition) is 2. The fourth-order valence-electron chi connectivity index (χ4n) is 2.25. The molecule has 1 aliphatic carbocycles. The van der Waals surface area contributed by atoms with Crippen LogP contribution in [-0.4, -0.2) is 23.2 Å². The van der Waals surface area contributed by atoms with E-state index in [4.69, 9.17) is 10.5 Å². The van der Waals surface area contributed by atoms with Gasteiger partial charge in [0.25, 0.3) is 0 Å². The van der Waals surface area contributed by atoms with E-state index >= 15 is 0 Å². The molecule has 0 bridgehead atoms. The highest BCUT2D eigenvalue weighted by Crippen LogP contribution is 2.23. The lowest BCUT2D eigenvalue weighted by Crippen LogP contribution is -2.32. The summed E-state index contributed by atoms with van der Waals surface area (Å²) < 4.78 is 5.00. The van der Waals surface area contributed by atoms with Crippen molar-refractivity contribution < 1.29 is 9.53 Å². The van der Waals surface area contributed by atoms with Gasteiger partial charge in [-0.3, -0.25) is 0 Å². The number of primary amides is 1. The van der Waals surface area contributed by atoms with Gasteiger partial charge in [0, 0.05) is 12.2 Å². The van der Waals surface area contributed by atoms with Gasteiger partial charge in [-0.2, -0.15) is 0 Å². The van der Waals surface area contributed by atoms with E-state index in [0.717, 1.165) is 37.1 Å². The molecule has 18 heavy (non-hydrogen) atoms. The van der Waals surface area contributed by atoms with Crippen molar-refractivity contribution in [3.8, 4) is 0 Å². The van der Waals surface area contributed by atoms with Crippen molar-refractivity contribution in [2.24, 2.45) is 5.73 Å². The van der Waals surface area contributed by atoms with Crippen LogP contribution in [0.1, 0.15) is 31.2 Å². The smallest absolute Gasteiger partial charge is 0.404 e. The van der Waals surface area contributed by atoms with Crippen LogP contribution in [0.25, 0.3) is 0 Å². The average molecular weight is 249 g/mol. The molecule has 1 aromatic heterocycles. The molecule has 0 radical (unpaired) electrons. The molecule has 1 amide bonds. The minimum atomic E-state index is -0.674. The van der Waals surface area contributed by atoms with Gasteiger partial charge in [0.2, 0.25) is 0 Å². The number of nitrogens with zero attached hydrogens (tertiary/aromatic N) is 1. The molecule has 1 heterocycles. The number of anilines is 1. The molecule has 0 aromatic carbocycles. The first-order valence-corrected chi connectivity index (χ1v) is 6.29. The van der Waals surface area contributed by atoms with Gasteiger partial charge in [-0.25, -0.2) is 9.78 Å². The Balaban J connectivity index is 1.79. The predicted octanol–water partition coefficient (Wildman–Crippen LogP) is 2.21. The molecular weight excluding hydrogens is 230 g/mol. The number of aryl methyl sites for hydroxylation is 1. The molecule has 0 unspecified atom stereocenters. The number of amides is 1. The summed E-state index contributed by atoms with van der Waals surface area (Å²) >= 11 is 0. The molecule has 1 aromatic rings. The predicted molar refractivity (Wildman–Crippen MR) is 69.3 cm³/mol. The van der Waals surface area contributed by atoms with Crippen LogP contribution in [0.5, 0.6) is 0 Å². The van der Waals surface area contributed by atoms with E-state index in [2.05, 4.69) is 10.3 Å². The van der Waals surface area contributed by atoms with Crippen molar-refractivity contribution in [3.05, 3.63) is 23.9 Å². The fraction of sp³-hybridized carbons (Fsp3) is 0.538. The summed E-state index contributed by atoms with van der Waals surface area (Å²) in [5.41, 5.74) is 6.16. The van der Waals surface area contributed by atoms with Gasteiger partial charge in [-0.15, -0.1) is 0 Å². The second-order valence-electron chi connectivity index (χ2n) is 4.78. The van der Waals surface area contributed by atoms with Crippen molar-refractivity contribution in [1.29, 1.82) is 0 Å². The van der Waals surface area contributed by atoms with Gasteiger partial charge in [-0.05, 0) is 44.2 Å². The number of rotatable bonds is 3. The van der Waals surface area contributed by atoms with E-state index < -0.39 is 6.09 Å². The maximum absolute atomic E-state index is 10.6. The Bertz CT molecular complexity index is 397. The van der Waals surface area contributed by atoms with Crippen LogP contribution in [0, 0.1) is 6.92 Å². The third-order valence-corrected chi connectivity index (χ3v) is 3.22. The molecule has 98 valence electrons. The second kappa shape index (κ2) is 5.71. The van der Waals surface area contributed by atoms with E-state index in [-0.39, 0.29) is 6.10 Å². The van der Waals surface area contributed by atoms with Crippen LogP contribution in [-0.2, 0) is 4.74 Å². The zero-order chi connectivity index (χ0) is 13.0.